The van der Waals surface area contributed by atoms with Crippen molar-refractivity contribution < 1.29 is 0 Å². The molecule has 0 aliphatic heterocycles. The van der Waals surface area contributed by atoms with Gasteiger partial charge in [0.2, 0.25) is 6.85 Å². The molecule has 86 valence electrons. The van der Waals surface area contributed by atoms with E-state index in [0.29, 0.717) is 18.9 Å². The van der Waals surface area contributed by atoms with Gasteiger partial charge in [-0.2, -0.15) is 0 Å². The minimum Gasteiger partial charge on any atom is -0.337 e. The average Bonchev–Trinajstić information content (AvgIpc) is 2.15. The number of hydrogen-bond donors (Lipinski definition) is 1. The van der Waals surface area contributed by atoms with Crippen molar-refractivity contribution in [3.63, 3.8) is 0 Å². The van der Waals surface area contributed by atoms with E-state index >= 15 is 0 Å². The number of hydrogen-bond acceptors (Lipinski definition) is 2. The van der Waals surface area contributed by atoms with Crippen molar-refractivity contribution in [2.24, 2.45) is 5.73 Å². The van der Waals surface area contributed by atoms with E-state index in [1.165, 1.54) is 0 Å². The lowest BCUT2D eigenvalue weighted by Crippen LogP contribution is -2.51. The van der Waals surface area contributed by atoms with Crippen molar-refractivity contribution in [1.29, 1.82) is 0 Å². The zero-order valence-corrected chi connectivity index (χ0v) is 11.2. The number of nitrogens with two attached hydrogens (primary N) is 1. The van der Waals surface area contributed by atoms with Gasteiger partial charge in [0.05, 0.1) is 0 Å². The summed E-state index contributed by atoms with van der Waals surface area (Å²) < 4.78 is 0. The van der Waals surface area contributed by atoms with Crippen LogP contribution in [-0.4, -0.2) is 30.2 Å². The summed E-state index contributed by atoms with van der Waals surface area (Å²) in [7, 11) is 0. The molecule has 0 saturated carbocycles. The first-order valence-corrected chi connectivity index (χ1v) is 6.02. The zero-order chi connectivity index (χ0) is 11.7. The molecule has 0 aromatic carbocycles. The molecule has 0 aliphatic rings. The van der Waals surface area contributed by atoms with E-state index in [-0.39, 0.29) is 0 Å². The fourth-order valence-electron chi connectivity index (χ4n) is 1.94. The molecule has 0 spiro atoms. The summed E-state index contributed by atoms with van der Waals surface area (Å²) in [6, 6.07) is 1.19. The molecule has 0 amide bonds. The van der Waals surface area contributed by atoms with Crippen LogP contribution < -0.4 is 5.73 Å². The van der Waals surface area contributed by atoms with Gasteiger partial charge in [0, 0.05) is 0 Å². The van der Waals surface area contributed by atoms with E-state index in [9.17, 15) is 0 Å². The van der Waals surface area contributed by atoms with Gasteiger partial charge >= 0.3 is 0 Å². The van der Waals surface area contributed by atoms with Gasteiger partial charge in [-0.3, -0.25) is 0 Å². The molecule has 0 aromatic rings. The Kier molecular flexibility index (Phi) is 11.2. The molecular weight excluding hydrogens is 171 g/mol. The van der Waals surface area contributed by atoms with Crippen LogP contribution in [0.1, 0.15) is 48.5 Å². The molecule has 0 radical (unpaired) electrons. The van der Waals surface area contributed by atoms with Crippen LogP contribution in [0.4, 0.5) is 0 Å². The first-order valence-electron chi connectivity index (χ1n) is 6.02. The third kappa shape index (κ3) is 5.66. The first kappa shape index (κ1) is 16.4. The van der Waals surface area contributed by atoms with Crippen LogP contribution in [0.2, 0.25) is 6.32 Å². The minimum absolute atomic E-state index is 0.546. The highest BCUT2D eigenvalue weighted by Gasteiger charge is 2.24. The average molecular weight is 200 g/mol. The number of rotatable bonds is 5. The molecule has 0 aromatic heterocycles. The molecule has 0 saturated heterocycles. The van der Waals surface area contributed by atoms with Crippen LogP contribution in [-0.2, 0) is 0 Å². The van der Waals surface area contributed by atoms with Crippen molar-refractivity contribution in [3.8, 4) is 0 Å². The summed E-state index contributed by atoms with van der Waals surface area (Å²) in [5.41, 5.74) is 5.72. The van der Waals surface area contributed by atoms with Crippen LogP contribution >= 0.6 is 0 Å². The van der Waals surface area contributed by atoms with Crippen LogP contribution in [0.3, 0.4) is 0 Å². The van der Waals surface area contributed by atoms with Crippen molar-refractivity contribution >= 4 is 6.85 Å². The smallest absolute Gasteiger partial charge is 0.237 e. The molecule has 0 bridgehead atoms. The van der Waals surface area contributed by atoms with Crippen molar-refractivity contribution in [1.82, 2.24) is 4.81 Å². The van der Waals surface area contributed by atoms with Crippen LogP contribution in [0.25, 0.3) is 0 Å². The molecule has 0 aliphatic carbocycles. The van der Waals surface area contributed by atoms with E-state index in [1.807, 2.05) is 13.8 Å². The highest BCUT2D eigenvalue weighted by molar-refractivity contribution is 6.56. The molecule has 0 atom stereocenters. The second-order valence-electron chi connectivity index (χ2n) is 3.93. The van der Waals surface area contributed by atoms with Crippen molar-refractivity contribution in [2.45, 2.75) is 66.9 Å². The Morgan fingerprint density at radius 1 is 1.07 bits per heavy atom. The topological polar surface area (TPSA) is 29.3 Å². The lowest BCUT2D eigenvalue weighted by Gasteiger charge is -2.35. The molecule has 3 heteroatoms. The quantitative estimate of drug-likeness (QED) is 0.691. The molecule has 0 rings (SSSR count). The largest absolute Gasteiger partial charge is 0.337 e. The standard InChI is InChI=1S/C9H23BN2.C2H6/c1-6-10(7-11)12(8(2)3)9(4)5;1-2/h8-9H,6-7,11H2,1-5H3;1-2H3. The lowest BCUT2D eigenvalue weighted by molar-refractivity contribution is 0.301. The van der Waals surface area contributed by atoms with Crippen molar-refractivity contribution in [3.05, 3.63) is 0 Å². The monoisotopic (exact) mass is 200 g/mol. The molecule has 0 heterocycles. The van der Waals surface area contributed by atoms with Gasteiger partial charge in [0.1, 0.15) is 0 Å². The van der Waals surface area contributed by atoms with Gasteiger partial charge in [0.15, 0.2) is 0 Å². The van der Waals surface area contributed by atoms with Gasteiger partial charge < -0.3 is 10.5 Å². The third-order valence-electron chi connectivity index (χ3n) is 2.36. The lowest BCUT2D eigenvalue weighted by atomic mass is 9.56. The van der Waals surface area contributed by atoms with Gasteiger partial charge in [-0.15, -0.1) is 0 Å². The SMILES string of the molecule is CC.CCB(CN)N(C(C)C)C(C)C. The fraction of sp³-hybridized carbons (Fsp3) is 1.00. The third-order valence-corrected chi connectivity index (χ3v) is 2.36. The maximum absolute atomic E-state index is 5.72. The van der Waals surface area contributed by atoms with E-state index in [1.54, 1.807) is 0 Å². The van der Waals surface area contributed by atoms with E-state index in [2.05, 4.69) is 39.4 Å². The van der Waals surface area contributed by atoms with Gasteiger partial charge in [-0.1, -0.05) is 54.8 Å². The summed E-state index contributed by atoms with van der Waals surface area (Å²) >= 11 is 0. The maximum Gasteiger partial charge on any atom is 0.237 e. The van der Waals surface area contributed by atoms with E-state index < -0.39 is 0 Å². The normalized spacial score (nSPS) is 10.5. The fourth-order valence-corrected chi connectivity index (χ4v) is 1.94. The Labute approximate surface area is 91.3 Å². The predicted molar refractivity (Wildman–Crippen MR) is 68.7 cm³/mol. The van der Waals surface area contributed by atoms with Crippen LogP contribution in [0.5, 0.6) is 0 Å². The summed E-state index contributed by atoms with van der Waals surface area (Å²) in [4.78, 5) is 2.49. The predicted octanol–water partition coefficient (Wildman–Crippen LogP) is 2.64. The molecule has 2 N–H and O–H groups in total. The highest BCUT2D eigenvalue weighted by atomic mass is 15.1. The Morgan fingerprint density at radius 3 is 1.50 bits per heavy atom. The molecule has 2 nitrogen and oxygen atoms in total. The summed E-state index contributed by atoms with van der Waals surface area (Å²) in [6.07, 6.45) is 1.92. The zero-order valence-electron chi connectivity index (χ0n) is 11.2. The van der Waals surface area contributed by atoms with Crippen molar-refractivity contribution in [2.75, 3.05) is 6.44 Å². The second-order valence-corrected chi connectivity index (χ2v) is 3.93. The summed E-state index contributed by atoms with van der Waals surface area (Å²) in [6.45, 7) is 15.7. The second kappa shape index (κ2) is 9.54. The minimum atomic E-state index is 0.546. The molecule has 0 unspecified atom stereocenters. The van der Waals surface area contributed by atoms with Gasteiger partial charge in [0.25, 0.3) is 0 Å². The number of nitrogens with zero attached hydrogens (tertiary/aromatic N) is 1. The maximum atomic E-state index is 5.72. The highest BCUT2D eigenvalue weighted by Crippen LogP contribution is 2.09. The summed E-state index contributed by atoms with van der Waals surface area (Å²) in [5, 5.41) is 0. The Morgan fingerprint density at radius 2 is 1.43 bits per heavy atom. The Balaban J connectivity index is 0. The van der Waals surface area contributed by atoms with E-state index in [0.717, 1.165) is 12.8 Å². The Bertz CT molecular complexity index is 104. The molecule has 0 fully saturated rings. The van der Waals surface area contributed by atoms with Gasteiger partial charge in [-0.05, 0) is 18.5 Å². The van der Waals surface area contributed by atoms with Crippen LogP contribution in [0, 0.1) is 0 Å². The molecule has 14 heavy (non-hydrogen) atoms. The van der Waals surface area contributed by atoms with Crippen LogP contribution in [0.15, 0.2) is 0 Å². The Hall–Kier alpha value is -0.0151. The first-order chi connectivity index (χ1) is 6.54. The molecular formula is C11H29BN2. The van der Waals surface area contributed by atoms with Gasteiger partial charge in [-0.25, -0.2) is 0 Å². The summed E-state index contributed by atoms with van der Waals surface area (Å²) in [5.74, 6) is 0. The van der Waals surface area contributed by atoms with E-state index in [4.69, 9.17) is 5.73 Å².